The number of imidazole rings is 2. The van der Waals surface area contributed by atoms with Crippen LogP contribution in [-0.4, -0.2) is 63.2 Å². The van der Waals surface area contributed by atoms with E-state index in [1.807, 2.05) is 24.8 Å². The number of nitrogens with one attached hydrogen (secondary N) is 3. The van der Waals surface area contributed by atoms with Crippen LogP contribution >= 0.6 is 11.6 Å². The van der Waals surface area contributed by atoms with Crippen molar-refractivity contribution < 1.29 is 0 Å². The van der Waals surface area contributed by atoms with Crippen LogP contribution in [0.25, 0.3) is 44.6 Å². The lowest BCUT2D eigenvalue weighted by Gasteiger charge is -2.27. The zero-order valence-corrected chi connectivity index (χ0v) is 42.7. The molecule has 4 aliphatic rings. The van der Waals surface area contributed by atoms with Gasteiger partial charge in [0.2, 0.25) is 11.2 Å². The van der Waals surface area contributed by atoms with Crippen LogP contribution < -0.4 is 33.2 Å². The normalized spacial score (nSPS) is 20.3. The highest BCUT2D eigenvalue weighted by Gasteiger charge is 2.25. The van der Waals surface area contributed by atoms with Gasteiger partial charge in [-0.25, -0.2) is 9.97 Å². The minimum Gasteiger partial charge on any atom is -0.364 e. The van der Waals surface area contributed by atoms with Crippen molar-refractivity contribution in [2.24, 2.45) is 17.2 Å². The quantitative estimate of drug-likeness (QED) is 0.0634. The molecule has 0 atom stereocenters. The van der Waals surface area contributed by atoms with Gasteiger partial charge in [-0.15, -0.1) is 0 Å². The SMILES string of the molecule is Clc1nc(NCc2ccc(-c3ccccc3)cc2)c2ncn(C3CCCC3)c2n1.NC1CCC(N)CC1.NC1CCC(Nc2nc(NCc3ccc(-c4ccccc4)cc3)c3ncn(C4CCCC4)c3n2)CC1. The molecule has 9 N–H and O–H groups in total. The van der Waals surface area contributed by atoms with E-state index in [1.54, 1.807) is 0 Å². The lowest BCUT2D eigenvalue weighted by atomic mass is 9.92. The molecule has 4 fully saturated rings. The molecule has 4 heterocycles. The molecule has 380 valence electrons. The standard InChI is InChI=1S/C29H35N7.C23H22ClN5.C6H14N2/c30-23-14-16-24(17-15-23)33-29-34-27(26-28(35-29)36(19-32-26)25-8-4-5-9-25)31-18-20-10-12-22(13-11-20)21-6-2-1-3-7-21;24-23-27-21(20-22(28-23)29(15-26-20)19-8-4-5-9-19)25-14-16-10-12-18(13-11-16)17-6-2-1-3-7-17;7-5-1-2-6(8)4-3-5/h1-3,6-7,10-13,19,23-25H,4-5,8-9,14-18,30H2,(H2,31,33,34,35);1-3,6-7,10-13,15,19H,4-5,8-9,14H2,(H,25,27,28);5-6H,1-4,7-8H2. The van der Waals surface area contributed by atoms with Gasteiger partial charge >= 0.3 is 0 Å². The Morgan fingerprint density at radius 1 is 0.452 bits per heavy atom. The van der Waals surface area contributed by atoms with Crippen LogP contribution in [0, 0.1) is 0 Å². The maximum absolute atomic E-state index is 6.23. The average Bonchev–Trinajstić information content (AvgIpc) is 4.29. The van der Waals surface area contributed by atoms with Crippen molar-refractivity contribution in [3.8, 4) is 22.3 Å². The van der Waals surface area contributed by atoms with Gasteiger partial charge in [0.05, 0.1) is 12.7 Å². The molecular formula is C58H71ClN14. The Kier molecular flexibility index (Phi) is 16.5. The molecule has 8 aromatic rings. The molecule has 0 bridgehead atoms. The molecule has 0 aliphatic heterocycles. The summed E-state index contributed by atoms with van der Waals surface area (Å²) in [5.74, 6) is 2.16. The lowest BCUT2D eigenvalue weighted by Crippen LogP contribution is -2.33. The van der Waals surface area contributed by atoms with Crippen LogP contribution in [0.4, 0.5) is 17.6 Å². The molecule has 0 unspecified atom stereocenters. The van der Waals surface area contributed by atoms with Crippen molar-refractivity contribution in [3.05, 3.63) is 138 Å². The molecule has 0 spiro atoms. The van der Waals surface area contributed by atoms with Crippen LogP contribution in [0.3, 0.4) is 0 Å². The van der Waals surface area contributed by atoms with Gasteiger partial charge in [0.25, 0.3) is 0 Å². The van der Waals surface area contributed by atoms with Crippen molar-refractivity contribution in [2.75, 3.05) is 16.0 Å². The van der Waals surface area contributed by atoms with E-state index in [9.17, 15) is 0 Å². The van der Waals surface area contributed by atoms with Crippen molar-refractivity contribution in [3.63, 3.8) is 0 Å². The van der Waals surface area contributed by atoms with Crippen molar-refractivity contribution >= 4 is 51.5 Å². The van der Waals surface area contributed by atoms with Gasteiger partial charge in [0.1, 0.15) is 0 Å². The molecule has 4 aromatic heterocycles. The summed E-state index contributed by atoms with van der Waals surface area (Å²) in [5.41, 5.74) is 28.0. The van der Waals surface area contributed by atoms with E-state index >= 15 is 0 Å². The van der Waals surface area contributed by atoms with E-state index in [0.717, 1.165) is 79.5 Å². The summed E-state index contributed by atoms with van der Waals surface area (Å²) in [7, 11) is 0. The molecule has 14 nitrogen and oxygen atoms in total. The first kappa shape index (κ1) is 50.1. The van der Waals surface area contributed by atoms with E-state index in [4.69, 9.17) is 43.8 Å². The third-order valence-corrected chi connectivity index (χ3v) is 15.4. The largest absolute Gasteiger partial charge is 0.364 e. The number of rotatable bonds is 12. The predicted octanol–water partition coefficient (Wildman–Crippen LogP) is 12.0. The Morgan fingerprint density at radius 2 is 0.849 bits per heavy atom. The van der Waals surface area contributed by atoms with Gasteiger partial charge in [-0.2, -0.15) is 19.9 Å². The van der Waals surface area contributed by atoms with Crippen LogP contribution in [-0.2, 0) is 13.1 Å². The van der Waals surface area contributed by atoms with E-state index in [0.29, 0.717) is 61.1 Å². The Balaban J connectivity index is 0.000000148. The molecule has 73 heavy (non-hydrogen) atoms. The number of fused-ring (bicyclic) bond motifs is 2. The van der Waals surface area contributed by atoms with Crippen LogP contribution in [0.5, 0.6) is 0 Å². The topological polar surface area (TPSA) is 201 Å². The molecular weight excluding hydrogens is 928 g/mol. The maximum Gasteiger partial charge on any atom is 0.227 e. The number of hydrogen-bond acceptors (Lipinski definition) is 12. The number of aromatic nitrogens is 8. The summed E-state index contributed by atoms with van der Waals surface area (Å²) < 4.78 is 4.43. The predicted molar refractivity (Wildman–Crippen MR) is 297 cm³/mol. The molecule has 4 saturated carbocycles. The Bertz CT molecular complexity index is 2960. The number of nitrogens with zero attached hydrogens (tertiary/aromatic N) is 8. The first-order chi connectivity index (χ1) is 35.8. The van der Waals surface area contributed by atoms with Gasteiger partial charge in [0, 0.05) is 49.3 Å². The van der Waals surface area contributed by atoms with Gasteiger partial charge in [-0.1, -0.05) is 135 Å². The zero-order chi connectivity index (χ0) is 49.9. The van der Waals surface area contributed by atoms with Crippen molar-refractivity contribution in [1.82, 2.24) is 39.0 Å². The zero-order valence-electron chi connectivity index (χ0n) is 41.9. The summed E-state index contributed by atoms with van der Waals surface area (Å²) in [4.78, 5) is 28.0. The molecule has 0 radical (unpaired) electrons. The fraction of sp³-hybridized carbons (Fsp3) is 0.414. The average molecular weight is 1000 g/mol. The second-order valence-corrected chi connectivity index (χ2v) is 20.9. The fourth-order valence-electron chi connectivity index (χ4n) is 10.9. The first-order valence-corrected chi connectivity index (χ1v) is 27.1. The second kappa shape index (κ2) is 24.1. The molecule has 12 rings (SSSR count). The van der Waals surface area contributed by atoms with Crippen LogP contribution in [0.15, 0.2) is 122 Å². The summed E-state index contributed by atoms with van der Waals surface area (Å²) in [6, 6.07) is 40.6. The number of halogens is 1. The highest BCUT2D eigenvalue weighted by Crippen LogP contribution is 2.35. The third kappa shape index (κ3) is 12.8. The summed E-state index contributed by atoms with van der Waals surface area (Å²) >= 11 is 6.23. The summed E-state index contributed by atoms with van der Waals surface area (Å²) in [6.45, 7) is 1.32. The smallest absolute Gasteiger partial charge is 0.227 e. The Labute approximate surface area is 434 Å². The first-order valence-electron chi connectivity index (χ1n) is 26.7. The summed E-state index contributed by atoms with van der Waals surface area (Å²) in [6.07, 6.45) is 22.3. The highest BCUT2D eigenvalue weighted by molar-refractivity contribution is 6.28. The molecule has 4 aromatic carbocycles. The number of hydrogen-bond donors (Lipinski definition) is 6. The lowest BCUT2D eigenvalue weighted by molar-refractivity contribution is 0.395. The fourth-order valence-corrected chi connectivity index (χ4v) is 11.0. The second-order valence-electron chi connectivity index (χ2n) is 20.5. The minimum absolute atomic E-state index is 0.249. The van der Waals surface area contributed by atoms with Crippen LogP contribution in [0.1, 0.15) is 126 Å². The Morgan fingerprint density at radius 3 is 1.30 bits per heavy atom. The van der Waals surface area contributed by atoms with Gasteiger partial charge in [-0.05, 0) is 122 Å². The monoisotopic (exact) mass is 999 g/mol. The van der Waals surface area contributed by atoms with Crippen molar-refractivity contribution in [1.29, 1.82) is 0 Å². The number of benzene rings is 4. The molecule has 4 aliphatic carbocycles. The molecule has 0 saturated heterocycles. The highest BCUT2D eigenvalue weighted by atomic mass is 35.5. The number of nitrogens with two attached hydrogens (primary N) is 3. The number of anilines is 3. The maximum atomic E-state index is 6.23. The van der Waals surface area contributed by atoms with Gasteiger partial charge in [0.15, 0.2) is 34.0 Å². The van der Waals surface area contributed by atoms with E-state index < -0.39 is 0 Å². The molecule has 15 heteroatoms. The van der Waals surface area contributed by atoms with Gasteiger partial charge in [-0.3, -0.25) is 0 Å². The summed E-state index contributed by atoms with van der Waals surface area (Å²) in [5, 5.41) is 10.8. The van der Waals surface area contributed by atoms with Crippen LogP contribution in [0.2, 0.25) is 5.28 Å². The Hall–Kier alpha value is -6.45. The van der Waals surface area contributed by atoms with Gasteiger partial charge < -0.3 is 42.3 Å². The van der Waals surface area contributed by atoms with E-state index in [1.165, 1.54) is 84.7 Å². The molecule has 0 amide bonds. The third-order valence-electron chi connectivity index (χ3n) is 15.2. The van der Waals surface area contributed by atoms with E-state index in [2.05, 4.69) is 137 Å². The minimum atomic E-state index is 0.249. The van der Waals surface area contributed by atoms with E-state index in [-0.39, 0.29) is 5.28 Å². The van der Waals surface area contributed by atoms with Crippen molar-refractivity contribution in [2.45, 2.75) is 152 Å².